The van der Waals surface area contributed by atoms with Gasteiger partial charge in [-0.1, -0.05) is 36.5 Å². The molecule has 2 rings (SSSR count). The largest absolute Gasteiger partial charge is 0.393 e. The van der Waals surface area contributed by atoms with Gasteiger partial charge in [0.15, 0.2) is 0 Å². The van der Waals surface area contributed by atoms with Crippen LogP contribution < -0.4 is 5.73 Å². The minimum Gasteiger partial charge on any atom is -0.393 e. The van der Waals surface area contributed by atoms with Crippen LogP contribution in [0.2, 0.25) is 0 Å². The second-order valence-electron chi connectivity index (χ2n) is 3.62. The van der Waals surface area contributed by atoms with Crippen molar-refractivity contribution in [2.75, 3.05) is 0 Å². The third kappa shape index (κ3) is 2.07. The van der Waals surface area contributed by atoms with E-state index in [2.05, 4.69) is 24.3 Å². The highest BCUT2D eigenvalue weighted by Gasteiger charge is 2.25. The van der Waals surface area contributed by atoms with Crippen molar-refractivity contribution in [1.82, 2.24) is 0 Å². The van der Waals surface area contributed by atoms with E-state index in [4.69, 9.17) is 18.0 Å². The normalized spacial score (nSPS) is 15.7. The summed E-state index contributed by atoms with van der Waals surface area (Å²) in [7, 11) is 0. The van der Waals surface area contributed by atoms with Crippen LogP contribution >= 0.6 is 12.2 Å². The molecule has 0 amide bonds. The molecular weight excluding hydrogens is 178 g/mol. The molecule has 1 aromatic carbocycles. The molecule has 0 bridgehead atoms. The molecule has 2 heteroatoms. The lowest BCUT2D eigenvalue weighted by molar-refractivity contribution is 1.08. The van der Waals surface area contributed by atoms with E-state index < -0.39 is 0 Å². The standard InChI is InChI=1S/C11H13NS/c12-11(13)7-9-3-1-2-4-10(9)8-5-6-8/h1-4,8H,5-7H2,(H2,12,13). The lowest BCUT2D eigenvalue weighted by Gasteiger charge is -2.06. The fraction of sp³-hybridized carbons (Fsp3) is 0.364. The molecule has 0 atom stereocenters. The molecule has 1 aliphatic rings. The van der Waals surface area contributed by atoms with Gasteiger partial charge in [-0.25, -0.2) is 0 Å². The van der Waals surface area contributed by atoms with Gasteiger partial charge in [-0.3, -0.25) is 0 Å². The van der Waals surface area contributed by atoms with Crippen molar-refractivity contribution in [1.29, 1.82) is 0 Å². The van der Waals surface area contributed by atoms with Crippen molar-refractivity contribution >= 4 is 17.2 Å². The summed E-state index contributed by atoms with van der Waals surface area (Å²) in [5.41, 5.74) is 8.32. The molecule has 2 N–H and O–H groups in total. The van der Waals surface area contributed by atoms with E-state index in [1.807, 2.05) is 0 Å². The van der Waals surface area contributed by atoms with Crippen LogP contribution in [-0.4, -0.2) is 4.99 Å². The fourth-order valence-electron chi connectivity index (χ4n) is 1.68. The van der Waals surface area contributed by atoms with Crippen molar-refractivity contribution in [3.63, 3.8) is 0 Å². The molecule has 0 radical (unpaired) electrons. The molecule has 13 heavy (non-hydrogen) atoms. The van der Waals surface area contributed by atoms with E-state index in [0.717, 1.165) is 12.3 Å². The lowest BCUT2D eigenvalue weighted by atomic mass is 10.0. The molecule has 0 spiro atoms. The second kappa shape index (κ2) is 3.46. The Kier molecular flexibility index (Phi) is 2.32. The Balaban J connectivity index is 2.26. The highest BCUT2D eigenvalue weighted by Crippen LogP contribution is 2.41. The zero-order valence-electron chi connectivity index (χ0n) is 7.49. The summed E-state index contributed by atoms with van der Waals surface area (Å²) in [6.07, 6.45) is 3.41. The number of rotatable bonds is 3. The van der Waals surface area contributed by atoms with E-state index in [0.29, 0.717) is 4.99 Å². The maximum absolute atomic E-state index is 5.55. The van der Waals surface area contributed by atoms with Crippen molar-refractivity contribution in [3.05, 3.63) is 35.4 Å². The third-order valence-corrected chi connectivity index (χ3v) is 2.58. The summed E-state index contributed by atoms with van der Waals surface area (Å²) in [5, 5.41) is 0. The summed E-state index contributed by atoms with van der Waals surface area (Å²) in [4.78, 5) is 0.591. The zero-order chi connectivity index (χ0) is 9.26. The molecule has 1 fully saturated rings. The topological polar surface area (TPSA) is 26.0 Å². The second-order valence-corrected chi connectivity index (χ2v) is 4.14. The first-order chi connectivity index (χ1) is 6.27. The molecule has 0 aromatic heterocycles. The summed E-state index contributed by atoms with van der Waals surface area (Å²) >= 11 is 4.92. The monoisotopic (exact) mass is 191 g/mol. The highest BCUT2D eigenvalue weighted by molar-refractivity contribution is 7.80. The first kappa shape index (κ1) is 8.70. The number of thiocarbonyl (C=S) groups is 1. The van der Waals surface area contributed by atoms with Crippen LogP contribution in [0.25, 0.3) is 0 Å². The van der Waals surface area contributed by atoms with Crippen LogP contribution in [0.15, 0.2) is 24.3 Å². The molecule has 0 aliphatic heterocycles. The van der Waals surface area contributed by atoms with Gasteiger partial charge in [-0.15, -0.1) is 0 Å². The van der Waals surface area contributed by atoms with Crippen molar-refractivity contribution in [2.24, 2.45) is 5.73 Å². The zero-order valence-corrected chi connectivity index (χ0v) is 8.31. The molecule has 0 unspecified atom stereocenters. The van der Waals surface area contributed by atoms with Crippen LogP contribution in [0, 0.1) is 0 Å². The van der Waals surface area contributed by atoms with Gasteiger partial charge in [0, 0.05) is 6.42 Å². The van der Waals surface area contributed by atoms with Crippen molar-refractivity contribution in [3.8, 4) is 0 Å². The lowest BCUT2D eigenvalue weighted by Crippen LogP contribution is -2.12. The first-order valence-electron chi connectivity index (χ1n) is 4.63. The smallest absolute Gasteiger partial charge is 0.0771 e. The van der Waals surface area contributed by atoms with Gasteiger partial charge in [0.25, 0.3) is 0 Å². The molecule has 1 aliphatic carbocycles. The van der Waals surface area contributed by atoms with Gasteiger partial charge >= 0.3 is 0 Å². The minimum atomic E-state index is 0.591. The highest BCUT2D eigenvalue weighted by atomic mass is 32.1. The molecular formula is C11H13NS. The van der Waals surface area contributed by atoms with Crippen molar-refractivity contribution < 1.29 is 0 Å². The molecule has 1 saturated carbocycles. The van der Waals surface area contributed by atoms with Crippen molar-refractivity contribution in [2.45, 2.75) is 25.2 Å². The quantitative estimate of drug-likeness (QED) is 0.742. The van der Waals surface area contributed by atoms with E-state index in [1.165, 1.54) is 24.0 Å². The van der Waals surface area contributed by atoms with Crippen LogP contribution in [0.1, 0.15) is 29.9 Å². The van der Waals surface area contributed by atoms with Gasteiger partial charge in [-0.05, 0) is 29.9 Å². The Hall–Kier alpha value is -0.890. The summed E-state index contributed by atoms with van der Waals surface area (Å²) in [6, 6.07) is 8.48. The summed E-state index contributed by atoms with van der Waals surface area (Å²) in [5.74, 6) is 0.783. The predicted octanol–water partition coefficient (Wildman–Crippen LogP) is 2.39. The average molecular weight is 191 g/mol. The van der Waals surface area contributed by atoms with Crippen LogP contribution in [-0.2, 0) is 6.42 Å². The summed E-state index contributed by atoms with van der Waals surface area (Å²) < 4.78 is 0. The molecule has 0 saturated heterocycles. The number of nitrogens with two attached hydrogens (primary N) is 1. The van der Waals surface area contributed by atoms with Gasteiger partial charge in [0.05, 0.1) is 4.99 Å². The third-order valence-electron chi connectivity index (χ3n) is 2.44. The fourth-order valence-corrected chi connectivity index (χ4v) is 1.83. The maximum Gasteiger partial charge on any atom is 0.0771 e. The number of hydrogen-bond donors (Lipinski definition) is 1. The average Bonchev–Trinajstić information content (AvgIpc) is 2.87. The summed E-state index contributed by atoms with van der Waals surface area (Å²) in [6.45, 7) is 0. The molecule has 68 valence electrons. The minimum absolute atomic E-state index is 0.591. The Morgan fingerprint density at radius 3 is 2.69 bits per heavy atom. The van der Waals surface area contributed by atoms with Gasteiger partial charge in [-0.2, -0.15) is 0 Å². The number of benzene rings is 1. The molecule has 0 heterocycles. The predicted molar refractivity (Wildman–Crippen MR) is 58.9 cm³/mol. The molecule has 1 aromatic rings. The molecule has 1 nitrogen and oxygen atoms in total. The first-order valence-corrected chi connectivity index (χ1v) is 5.04. The SMILES string of the molecule is NC(=S)Cc1ccccc1C1CC1. The van der Waals surface area contributed by atoms with Gasteiger partial charge in [0.1, 0.15) is 0 Å². The Bertz CT molecular complexity index is 329. The van der Waals surface area contributed by atoms with E-state index in [-0.39, 0.29) is 0 Å². The van der Waals surface area contributed by atoms with Crippen LogP contribution in [0.4, 0.5) is 0 Å². The van der Waals surface area contributed by atoms with Crippen LogP contribution in [0.5, 0.6) is 0 Å². The van der Waals surface area contributed by atoms with Gasteiger partial charge < -0.3 is 5.73 Å². The van der Waals surface area contributed by atoms with Crippen LogP contribution in [0.3, 0.4) is 0 Å². The van der Waals surface area contributed by atoms with E-state index in [9.17, 15) is 0 Å². The Morgan fingerprint density at radius 1 is 1.38 bits per heavy atom. The Labute approximate surface area is 83.9 Å². The Morgan fingerprint density at radius 2 is 2.08 bits per heavy atom. The number of hydrogen-bond acceptors (Lipinski definition) is 1. The van der Waals surface area contributed by atoms with E-state index in [1.54, 1.807) is 0 Å². The maximum atomic E-state index is 5.55. The van der Waals surface area contributed by atoms with Gasteiger partial charge in [0.2, 0.25) is 0 Å². The van der Waals surface area contributed by atoms with E-state index >= 15 is 0 Å².